The van der Waals surface area contributed by atoms with Gasteiger partial charge in [-0.15, -0.1) is 0 Å². The van der Waals surface area contributed by atoms with E-state index in [-0.39, 0.29) is 30.3 Å². The lowest BCUT2D eigenvalue weighted by Crippen LogP contribution is -2.42. The number of carbonyl (C=O) groups is 3. The first-order valence-electron chi connectivity index (χ1n) is 7.29. The molecule has 10 nitrogen and oxygen atoms in total. The van der Waals surface area contributed by atoms with E-state index >= 15 is 0 Å². The molecule has 0 aliphatic rings. The SMILES string of the molecule is CCOC(=O)/N=C(\c1ccc([N+](=O)[O-])cc1)N(C(C)=O)C(=O)OCC. The van der Waals surface area contributed by atoms with Gasteiger partial charge in [0.1, 0.15) is 0 Å². The molecule has 0 radical (unpaired) electrons. The minimum atomic E-state index is -1.03. The predicted octanol–water partition coefficient (Wildman–Crippen LogP) is 2.50. The third-order valence-corrected chi connectivity index (χ3v) is 2.78. The molecule has 0 N–H and O–H groups in total. The second-order valence-corrected chi connectivity index (χ2v) is 4.49. The molecule has 0 atom stereocenters. The van der Waals surface area contributed by atoms with Crippen molar-refractivity contribution in [3.63, 3.8) is 0 Å². The van der Waals surface area contributed by atoms with Gasteiger partial charge in [0, 0.05) is 24.6 Å². The molecule has 25 heavy (non-hydrogen) atoms. The molecule has 3 amide bonds. The monoisotopic (exact) mass is 351 g/mol. The van der Waals surface area contributed by atoms with Gasteiger partial charge in [0.2, 0.25) is 5.91 Å². The number of hydrogen-bond donors (Lipinski definition) is 0. The van der Waals surface area contributed by atoms with Crippen LogP contribution in [0.5, 0.6) is 0 Å². The predicted molar refractivity (Wildman–Crippen MR) is 86.2 cm³/mol. The average molecular weight is 351 g/mol. The van der Waals surface area contributed by atoms with Gasteiger partial charge in [-0.1, -0.05) is 0 Å². The molecule has 0 saturated carbocycles. The highest BCUT2D eigenvalue weighted by atomic mass is 16.6. The zero-order chi connectivity index (χ0) is 19.0. The minimum Gasteiger partial charge on any atom is -0.449 e. The number of nitrogens with zero attached hydrogens (tertiary/aromatic N) is 3. The molecule has 0 saturated heterocycles. The third-order valence-electron chi connectivity index (χ3n) is 2.78. The van der Waals surface area contributed by atoms with Crippen LogP contribution < -0.4 is 0 Å². The summed E-state index contributed by atoms with van der Waals surface area (Å²) in [5.74, 6) is -1.10. The summed E-state index contributed by atoms with van der Waals surface area (Å²) in [6.45, 7) is 4.23. The van der Waals surface area contributed by atoms with E-state index in [9.17, 15) is 24.5 Å². The standard InChI is InChI=1S/C15H17N3O7/c1-4-24-14(20)16-13(17(10(3)19)15(21)25-5-2)11-6-8-12(9-7-11)18(22)23/h6-9H,4-5H2,1-3H3/b16-13+. The summed E-state index contributed by atoms with van der Waals surface area (Å²) in [6, 6.07) is 4.82. The Morgan fingerprint density at radius 2 is 1.68 bits per heavy atom. The summed E-state index contributed by atoms with van der Waals surface area (Å²) in [5, 5.41) is 10.7. The van der Waals surface area contributed by atoms with Crippen LogP contribution in [-0.2, 0) is 14.3 Å². The number of non-ortho nitro benzene ring substituents is 1. The van der Waals surface area contributed by atoms with Crippen molar-refractivity contribution < 1.29 is 28.8 Å². The number of aliphatic imine (C=N–C) groups is 1. The molecule has 1 rings (SSSR count). The lowest BCUT2D eigenvalue weighted by molar-refractivity contribution is -0.384. The molecule has 0 heterocycles. The van der Waals surface area contributed by atoms with Crippen molar-refractivity contribution in [1.82, 2.24) is 4.90 Å². The van der Waals surface area contributed by atoms with E-state index in [4.69, 9.17) is 9.47 Å². The second-order valence-electron chi connectivity index (χ2n) is 4.49. The summed E-state index contributed by atoms with van der Waals surface area (Å²) >= 11 is 0. The van der Waals surface area contributed by atoms with Crippen LogP contribution in [-0.4, -0.2) is 47.0 Å². The van der Waals surface area contributed by atoms with Crippen molar-refractivity contribution in [2.24, 2.45) is 4.99 Å². The largest absolute Gasteiger partial charge is 0.449 e. The summed E-state index contributed by atoms with van der Waals surface area (Å²) in [6.07, 6.45) is -2.05. The maximum atomic E-state index is 12.1. The van der Waals surface area contributed by atoms with Crippen molar-refractivity contribution >= 4 is 29.6 Å². The number of imide groups is 1. The highest BCUT2D eigenvalue weighted by molar-refractivity contribution is 6.18. The van der Waals surface area contributed by atoms with E-state index < -0.39 is 23.0 Å². The molecule has 1 aromatic rings. The molecule has 134 valence electrons. The van der Waals surface area contributed by atoms with Crippen LogP contribution in [0.2, 0.25) is 0 Å². The number of hydrogen-bond acceptors (Lipinski definition) is 7. The molecule has 0 aliphatic heterocycles. The Hall–Kier alpha value is -3.30. The van der Waals surface area contributed by atoms with Crippen LogP contribution >= 0.6 is 0 Å². The summed E-state index contributed by atoms with van der Waals surface area (Å²) in [7, 11) is 0. The average Bonchev–Trinajstić information content (AvgIpc) is 2.54. The Kier molecular flexibility index (Phi) is 7.19. The van der Waals surface area contributed by atoms with E-state index in [1.54, 1.807) is 13.8 Å². The Bertz CT molecular complexity index is 698. The fourth-order valence-corrected chi connectivity index (χ4v) is 1.77. The smallest absolute Gasteiger partial charge is 0.435 e. The van der Waals surface area contributed by atoms with Gasteiger partial charge in [0.25, 0.3) is 5.69 Å². The Morgan fingerprint density at radius 3 is 2.12 bits per heavy atom. The van der Waals surface area contributed by atoms with Crippen LogP contribution in [0.3, 0.4) is 0 Å². The topological polar surface area (TPSA) is 128 Å². The zero-order valence-electron chi connectivity index (χ0n) is 13.9. The maximum Gasteiger partial charge on any atom is 0.435 e. The van der Waals surface area contributed by atoms with E-state index in [0.717, 1.165) is 19.1 Å². The summed E-state index contributed by atoms with van der Waals surface area (Å²) in [4.78, 5) is 49.9. The Balaban J connectivity index is 3.41. The zero-order valence-corrected chi connectivity index (χ0v) is 13.9. The van der Waals surface area contributed by atoms with Crippen LogP contribution in [0.25, 0.3) is 0 Å². The third kappa shape index (κ3) is 5.37. The van der Waals surface area contributed by atoms with Gasteiger partial charge in [-0.3, -0.25) is 14.9 Å². The first-order valence-corrected chi connectivity index (χ1v) is 7.29. The number of amidine groups is 1. The highest BCUT2D eigenvalue weighted by Gasteiger charge is 2.28. The first-order chi connectivity index (χ1) is 11.8. The molecule has 0 unspecified atom stereocenters. The molecule has 0 aromatic heterocycles. The van der Waals surface area contributed by atoms with E-state index in [2.05, 4.69) is 4.99 Å². The molecule has 0 spiro atoms. The number of nitro benzene ring substituents is 1. The Labute approximate surface area is 143 Å². The van der Waals surface area contributed by atoms with E-state index in [1.807, 2.05) is 0 Å². The fraction of sp³-hybridized carbons (Fsp3) is 0.333. The van der Waals surface area contributed by atoms with Crippen molar-refractivity contribution in [2.45, 2.75) is 20.8 Å². The van der Waals surface area contributed by atoms with Gasteiger partial charge in [-0.05, 0) is 26.0 Å². The van der Waals surface area contributed by atoms with Crippen molar-refractivity contribution in [3.05, 3.63) is 39.9 Å². The Morgan fingerprint density at radius 1 is 1.12 bits per heavy atom. The van der Waals surface area contributed by atoms with Crippen molar-refractivity contribution in [1.29, 1.82) is 0 Å². The lowest BCUT2D eigenvalue weighted by Gasteiger charge is -2.20. The fourth-order valence-electron chi connectivity index (χ4n) is 1.77. The van der Waals surface area contributed by atoms with Crippen molar-refractivity contribution in [3.8, 4) is 0 Å². The van der Waals surface area contributed by atoms with Crippen molar-refractivity contribution in [2.75, 3.05) is 13.2 Å². The van der Waals surface area contributed by atoms with Crippen LogP contribution in [0.1, 0.15) is 26.3 Å². The van der Waals surface area contributed by atoms with Crippen LogP contribution in [0.15, 0.2) is 29.3 Å². The molecule has 10 heteroatoms. The van der Waals surface area contributed by atoms with Gasteiger partial charge in [-0.25, -0.2) is 9.59 Å². The van der Waals surface area contributed by atoms with Gasteiger partial charge in [0.15, 0.2) is 5.84 Å². The first kappa shape index (κ1) is 19.7. The quantitative estimate of drug-likeness (QED) is 0.353. The molecule has 0 bridgehead atoms. The molecular formula is C15H17N3O7. The van der Waals surface area contributed by atoms with E-state index in [1.165, 1.54) is 12.1 Å². The highest BCUT2D eigenvalue weighted by Crippen LogP contribution is 2.15. The summed E-state index contributed by atoms with van der Waals surface area (Å²) in [5.41, 5.74) is -0.0772. The molecule has 0 aliphatic carbocycles. The van der Waals surface area contributed by atoms with Gasteiger partial charge in [0.05, 0.1) is 18.1 Å². The number of amides is 3. The molecule has 0 fully saturated rings. The second kappa shape index (κ2) is 9.11. The van der Waals surface area contributed by atoms with Crippen LogP contribution in [0.4, 0.5) is 15.3 Å². The van der Waals surface area contributed by atoms with E-state index in [0.29, 0.717) is 4.90 Å². The van der Waals surface area contributed by atoms with Gasteiger partial charge in [-0.2, -0.15) is 9.89 Å². The number of nitro groups is 1. The number of benzene rings is 1. The molecule has 1 aromatic carbocycles. The number of rotatable bonds is 4. The normalized spacial score (nSPS) is 10.8. The van der Waals surface area contributed by atoms with Gasteiger partial charge < -0.3 is 9.47 Å². The van der Waals surface area contributed by atoms with Crippen LogP contribution in [0, 0.1) is 10.1 Å². The number of carbonyl (C=O) groups excluding carboxylic acids is 3. The van der Waals surface area contributed by atoms with Gasteiger partial charge >= 0.3 is 12.2 Å². The number of ether oxygens (including phenoxy) is 2. The minimum absolute atomic E-state index is 0.00440. The lowest BCUT2D eigenvalue weighted by atomic mass is 10.1. The molecular weight excluding hydrogens is 334 g/mol. The maximum absolute atomic E-state index is 12.1. The summed E-state index contributed by atoms with van der Waals surface area (Å²) < 4.78 is 9.50.